The highest BCUT2D eigenvalue weighted by atomic mass is 16.5. The van der Waals surface area contributed by atoms with Crippen molar-refractivity contribution in [2.75, 3.05) is 32.8 Å². The fraction of sp³-hybridized carbons (Fsp3) is 0.667. The Hall–Kier alpha value is -1.10. The van der Waals surface area contributed by atoms with Gasteiger partial charge in [0.15, 0.2) is 0 Å². The Morgan fingerprint density at radius 2 is 2.14 bits per heavy atom. The lowest BCUT2D eigenvalue weighted by molar-refractivity contribution is 0.120. The van der Waals surface area contributed by atoms with Gasteiger partial charge in [-0.25, -0.2) is 0 Å². The molecule has 0 saturated carbocycles. The van der Waals surface area contributed by atoms with Gasteiger partial charge in [-0.05, 0) is 57.3 Å². The van der Waals surface area contributed by atoms with Crippen molar-refractivity contribution in [1.29, 1.82) is 0 Å². The van der Waals surface area contributed by atoms with E-state index in [1.807, 2.05) is 0 Å². The first-order valence-electron chi connectivity index (χ1n) is 8.59. The van der Waals surface area contributed by atoms with E-state index in [-0.39, 0.29) is 12.1 Å². The highest BCUT2D eigenvalue weighted by Gasteiger charge is 2.21. The number of likely N-dealkylation sites (tertiary alicyclic amines) is 1. The second-order valence-corrected chi connectivity index (χ2v) is 6.65. The van der Waals surface area contributed by atoms with Crippen LogP contribution in [0, 0.1) is 6.92 Å². The number of ether oxygens (including phenoxy) is 1. The Labute approximate surface area is 133 Å². The zero-order chi connectivity index (χ0) is 15.4. The lowest BCUT2D eigenvalue weighted by atomic mass is 10.0. The normalized spacial score (nSPS) is 23.6. The summed E-state index contributed by atoms with van der Waals surface area (Å²) in [5.41, 5.74) is 2.46. The molecule has 1 saturated heterocycles. The number of aryl methyl sites for hydroxylation is 1. The molecular weight excluding hydrogens is 276 g/mol. The van der Waals surface area contributed by atoms with Crippen LogP contribution in [0.25, 0.3) is 0 Å². The van der Waals surface area contributed by atoms with E-state index in [4.69, 9.17) is 4.74 Å². The van der Waals surface area contributed by atoms with Gasteiger partial charge in [-0.2, -0.15) is 0 Å². The fourth-order valence-corrected chi connectivity index (χ4v) is 3.50. The molecule has 2 unspecified atom stereocenters. The molecule has 0 radical (unpaired) electrons. The quantitative estimate of drug-likeness (QED) is 0.876. The molecule has 2 atom stereocenters. The van der Waals surface area contributed by atoms with Gasteiger partial charge in [-0.15, -0.1) is 0 Å². The van der Waals surface area contributed by atoms with Crippen LogP contribution in [-0.2, 0) is 0 Å². The average Bonchev–Trinajstić information content (AvgIpc) is 2.92. The predicted octanol–water partition coefficient (Wildman–Crippen LogP) is 2.26. The zero-order valence-electron chi connectivity index (χ0n) is 13.6. The first kappa shape index (κ1) is 15.8. The van der Waals surface area contributed by atoms with E-state index in [0.717, 1.165) is 44.8 Å². The summed E-state index contributed by atoms with van der Waals surface area (Å²) >= 11 is 0. The van der Waals surface area contributed by atoms with E-state index < -0.39 is 0 Å². The summed E-state index contributed by atoms with van der Waals surface area (Å²) in [4.78, 5) is 2.36. The Kier molecular flexibility index (Phi) is 5.34. The molecule has 2 heterocycles. The maximum Gasteiger partial charge on any atom is 0.124 e. The molecule has 0 aliphatic carbocycles. The molecule has 0 bridgehead atoms. The molecule has 4 heteroatoms. The van der Waals surface area contributed by atoms with Crippen molar-refractivity contribution in [2.24, 2.45) is 0 Å². The molecule has 122 valence electrons. The number of nitrogens with zero attached hydrogens (tertiary/aromatic N) is 1. The molecule has 0 aromatic heterocycles. The largest absolute Gasteiger partial charge is 0.493 e. The average molecular weight is 304 g/mol. The van der Waals surface area contributed by atoms with Crippen LogP contribution in [0.15, 0.2) is 18.2 Å². The number of hydrogen-bond acceptors (Lipinski definition) is 4. The summed E-state index contributed by atoms with van der Waals surface area (Å²) < 4.78 is 5.86. The molecule has 2 aliphatic heterocycles. The van der Waals surface area contributed by atoms with Crippen LogP contribution in [0.5, 0.6) is 5.75 Å². The molecule has 2 aliphatic rings. The van der Waals surface area contributed by atoms with Crippen molar-refractivity contribution >= 4 is 0 Å². The van der Waals surface area contributed by atoms with E-state index >= 15 is 0 Å². The van der Waals surface area contributed by atoms with Crippen LogP contribution in [0.3, 0.4) is 0 Å². The lowest BCUT2D eigenvalue weighted by Crippen LogP contribution is -2.38. The van der Waals surface area contributed by atoms with Crippen LogP contribution in [0.1, 0.15) is 42.9 Å². The Bertz CT molecular complexity index is 486. The third-order valence-corrected chi connectivity index (χ3v) is 4.71. The molecule has 3 rings (SSSR count). The van der Waals surface area contributed by atoms with Crippen molar-refractivity contribution in [3.63, 3.8) is 0 Å². The Balaban J connectivity index is 1.57. The molecule has 1 aromatic carbocycles. The number of benzene rings is 1. The van der Waals surface area contributed by atoms with Crippen LogP contribution in [-0.4, -0.2) is 48.9 Å². The van der Waals surface area contributed by atoms with E-state index in [1.165, 1.54) is 24.0 Å². The van der Waals surface area contributed by atoms with Crippen LogP contribution in [0.4, 0.5) is 0 Å². The van der Waals surface area contributed by atoms with Crippen LogP contribution >= 0.6 is 0 Å². The second kappa shape index (κ2) is 7.44. The third-order valence-electron chi connectivity index (χ3n) is 4.71. The van der Waals surface area contributed by atoms with Crippen molar-refractivity contribution in [3.05, 3.63) is 29.3 Å². The van der Waals surface area contributed by atoms with Gasteiger partial charge in [-0.1, -0.05) is 12.1 Å². The Morgan fingerprint density at radius 1 is 1.32 bits per heavy atom. The topological polar surface area (TPSA) is 44.7 Å². The predicted molar refractivity (Wildman–Crippen MR) is 88.3 cm³/mol. The first-order chi connectivity index (χ1) is 10.7. The van der Waals surface area contributed by atoms with Crippen molar-refractivity contribution < 1.29 is 9.84 Å². The number of nitrogens with one attached hydrogen (secondary N) is 1. The minimum absolute atomic E-state index is 0.284. The van der Waals surface area contributed by atoms with E-state index in [9.17, 15) is 5.11 Å². The number of aliphatic hydroxyl groups is 1. The van der Waals surface area contributed by atoms with Gasteiger partial charge in [0.2, 0.25) is 0 Å². The van der Waals surface area contributed by atoms with Gasteiger partial charge >= 0.3 is 0 Å². The fourth-order valence-electron chi connectivity index (χ4n) is 3.50. The molecule has 0 amide bonds. The number of β-amino-alcohol motifs (C(OH)–C–C–N with tert-alkyl or cyclic N) is 1. The standard InChI is InChI=1S/C18H28N2O2/c1-14-6-7-16-17(5-4-10-22-18(16)11-14)19-12-15(21)13-20-8-2-3-9-20/h6-7,11,15,17,19,21H,2-5,8-10,12-13H2,1H3. The smallest absolute Gasteiger partial charge is 0.124 e. The summed E-state index contributed by atoms with van der Waals surface area (Å²) in [5, 5.41) is 13.8. The molecular formula is C18H28N2O2. The van der Waals surface area contributed by atoms with E-state index in [1.54, 1.807) is 0 Å². The van der Waals surface area contributed by atoms with Crippen LogP contribution in [0.2, 0.25) is 0 Å². The van der Waals surface area contributed by atoms with Crippen LogP contribution < -0.4 is 10.1 Å². The highest BCUT2D eigenvalue weighted by molar-refractivity contribution is 5.39. The van der Waals surface area contributed by atoms with Gasteiger partial charge in [0.1, 0.15) is 5.75 Å². The highest BCUT2D eigenvalue weighted by Crippen LogP contribution is 2.32. The Morgan fingerprint density at radius 3 is 2.95 bits per heavy atom. The van der Waals surface area contributed by atoms with Gasteiger partial charge in [0, 0.05) is 24.7 Å². The van der Waals surface area contributed by atoms with Crippen molar-refractivity contribution in [1.82, 2.24) is 10.2 Å². The minimum atomic E-state index is -0.295. The summed E-state index contributed by atoms with van der Waals surface area (Å²) in [5.74, 6) is 1.00. The second-order valence-electron chi connectivity index (χ2n) is 6.65. The summed E-state index contributed by atoms with van der Waals surface area (Å²) in [6.45, 7) is 6.58. The monoisotopic (exact) mass is 304 g/mol. The molecule has 1 aromatic rings. The number of fused-ring (bicyclic) bond motifs is 1. The summed E-state index contributed by atoms with van der Waals surface area (Å²) in [7, 11) is 0. The van der Waals surface area contributed by atoms with Crippen molar-refractivity contribution in [3.8, 4) is 5.75 Å². The molecule has 0 spiro atoms. The number of hydrogen-bond donors (Lipinski definition) is 2. The molecule has 2 N–H and O–H groups in total. The van der Waals surface area contributed by atoms with E-state index in [2.05, 4.69) is 35.3 Å². The van der Waals surface area contributed by atoms with Gasteiger partial charge in [0.05, 0.1) is 12.7 Å². The molecule has 22 heavy (non-hydrogen) atoms. The van der Waals surface area contributed by atoms with Gasteiger partial charge in [0.25, 0.3) is 0 Å². The van der Waals surface area contributed by atoms with Gasteiger partial charge < -0.3 is 20.1 Å². The molecule has 1 fully saturated rings. The summed E-state index contributed by atoms with van der Waals surface area (Å²) in [6, 6.07) is 6.71. The third kappa shape index (κ3) is 4.00. The minimum Gasteiger partial charge on any atom is -0.493 e. The zero-order valence-corrected chi connectivity index (χ0v) is 13.6. The maximum atomic E-state index is 10.3. The SMILES string of the molecule is Cc1ccc2c(c1)OCCCC2NCC(O)CN1CCCC1. The summed E-state index contributed by atoms with van der Waals surface area (Å²) in [6.07, 6.45) is 4.36. The van der Waals surface area contributed by atoms with E-state index in [0.29, 0.717) is 6.54 Å². The lowest BCUT2D eigenvalue weighted by Gasteiger charge is -2.23. The number of rotatable bonds is 5. The van der Waals surface area contributed by atoms with Crippen molar-refractivity contribution in [2.45, 2.75) is 44.8 Å². The first-order valence-corrected chi connectivity index (χ1v) is 8.59. The molecule has 4 nitrogen and oxygen atoms in total. The van der Waals surface area contributed by atoms with Gasteiger partial charge in [-0.3, -0.25) is 0 Å². The number of aliphatic hydroxyl groups excluding tert-OH is 1. The maximum absolute atomic E-state index is 10.3.